The van der Waals surface area contributed by atoms with Gasteiger partial charge in [0.25, 0.3) is 5.56 Å². The predicted molar refractivity (Wildman–Crippen MR) is 124 cm³/mol. The molecule has 30 heavy (non-hydrogen) atoms. The first-order chi connectivity index (χ1) is 14.3. The van der Waals surface area contributed by atoms with E-state index in [9.17, 15) is 9.59 Å². The van der Waals surface area contributed by atoms with Crippen LogP contribution in [-0.4, -0.2) is 15.3 Å². The van der Waals surface area contributed by atoms with Crippen LogP contribution in [-0.2, 0) is 13.5 Å². The smallest absolute Gasteiger partial charge is 0.262 e. The third-order valence-corrected chi connectivity index (χ3v) is 5.93. The van der Waals surface area contributed by atoms with Gasteiger partial charge in [0.05, 0.1) is 15.9 Å². The molecule has 150 valence electrons. The number of halogens is 2. The molecule has 0 bridgehead atoms. The molecule has 0 atom stereocenters. The Morgan fingerprint density at radius 2 is 1.80 bits per heavy atom. The maximum atomic E-state index is 12.8. The minimum Gasteiger partial charge on any atom is -0.332 e. The van der Waals surface area contributed by atoms with Gasteiger partial charge in [-0.15, -0.1) is 0 Å². The van der Waals surface area contributed by atoms with Gasteiger partial charge in [-0.05, 0) is 54.0 Å². The van der Waals surface area contributed by atoms with Crippen LogP contribution < -0.4 is 5.56 Å². The molecule has 4 rings (SSSR count). The summed E-state index contributed by atoms with van der Waals surface area (Å²) in [4.78, 5) is 28.6. The van der Waals surface area contributed by atoms with E-state index in [2.05, 4.69) is 4.98 Å². The highest BCUT2D eigenvalue weighted by molar-refractivity contribution is 7.71. The second kappa shape index (κ2) is 8.19. The summed E-state index contributed by atoms with van der Waals surface area (Å²) in [6.45, 7) is 0. The lowest BCUT2D eigenvalue weighted by molar-refractivity contribution is 0.103. The number of carbonyl (C=O) groups is 1. The summed E-state index contributed by atoms with van der Waals surface area (Å²) < 4.78 is 1.81. The van der Waals surface area contributed by atoms with Crippen LogP contribution in [0.5, 0.6) is 0 Å². The molecule has 0 radical (unpaired) electrons. The molecule has 3 aromatic carbocycles. The number of hydrogen-bond acceptors (Lipinski definition) is 3. The average Bonchev–Trinajstić information content (AvgIpc) is 2.72. The fourth-order valence-corrected chi connectivity index (χ4v) is 4.07. The summed E-state index contributed by atoms with van der Waals surface area (Å²) in [5.74, 6) is -0.171. The Labute approximate surface area is 187 Å². The topological polar surface area (TPSA) is 54.9 Å². The van der Waals surface area contributed by atoms with Crippen LogP contribution in [0.25, 0.3) is 10.9 Å². The second-order valence-electron chi connectivity index (χ2n) is 6.96. The number of carbonyl (C=O) groups excluding carboxylic acids is 1. The van der Waals surface area contributed by atoms with Crippen molar-refractivity contribution < 1.29 is 4.79 Å². The zero-order chi connectivity index (χ0) is 21.4. The van der Waals surface area contributed by atoms with Gasteiger partial charge in [0, 0.05) is 23.2 Å². The maximum absolute atomic E-state index is 12.8. The van der Waals surface area contributed by atoms with Crippen molar-refractivity contribution in [3.05, 3.63) is 108 Å². The largest absolute Gasteiger partial charge is 0.332 e. The van der Waals surface area contributed by atoms with Crippen molar-refractivity contribution in [1.82, 2.24) is 9.55 Å². The summed E-state index contributed by atoms with van der Waals surface area (Å²) in [7, 11) is 1.65. The van der Waals surface area contributed by atoms with Crippen LogP contribution in [0.3, 0.4) is 0 Å². The molecule has 0 aliphatic heterocycles. The van der Waals surface area contributed by atoms with Crippen LogP contribution in [0.4, 0.5) is 0 Å². The van der Waals surface area contributed by atoms with Gasteiger partial charge in [0.1, 0.15) is 0 Å². The molecule has 0 unspecified atom stereocenters. The summed E-state index contributed by atoms with van der Waals surface area (Å²) in [6.07, 6.45) is 0.549. The van der Waals surface area contributed by atoms with E-state index in [1.807, 2.05) is 30.3 Å². The van der Waals surface area contributed by atoms with Crippen molar-refractivity contribution in [2.45, 2.75) is 6.42 Å². The monoisotopic (exact) mass is 454 g/mol. The number of rotatable bonds is 4. The average molecular weight is 455 g/mol. The molecule has 0 aliphatic rings. The number of aromatic amines is 1. The molecule has 7 heteroatoms. The fourth-order valence-electron chi connectivity index (χ4n) is 3.39. The highest BCUT2D eigenvalue weighted by Gasteiger charge is 2.14. The zero-order valence-corrected chi connectivity index (χ0v) is 18.2. The number of nitrogens with one attached hydrogen (secondary N) is 1. The summed E-state index contributed by atoms with van der Waals surface area (Å²) in [5.41, 5.74) is 3.38. The lowest BCUT2D eigenvalue weighted by atomic mass is 9.98. The van der Waals surface area contributed by atoms with Gasteiger partial charge in [-0.3, -0.25) is 14.2 Å². The number of hydrogen-bond donors (Lipinski definition) is 1. The van der Waals surface area contributed by atoms with E-state index in [0.717, 1.165) is 11.1 Å². The van der Waals surface area contributed by atoms with E-state index in [0.29, 0.717) is 43.3 Å². The first-order valence-electron chi connectivity index (χ1n) is 9.15. The first-order valence-corrected chi connectivity index (χ1v) is 10.3. The quantitative estimate of drug-likeness (QED) is 0.316. The van der Waals surface area contributed by atoms with Crippen molar-refractivity contribution >= 4 is 52.1 Å². The van der Waals surface area contributed by atoms with Crippen LogP contribution in [0, 0.1) is 4.77 Å². The van der Waals surface area contributed by atoms with Gasteiger partial charge in [-0.1, -0.05) is 59.6 Å². The molecule has 0 saturated heterocycles. The lowest BCUT2D eigenvalue weighted by Crippen LogP contribution is -2.20. The fraction of sp³-hybridized carbons (Fsp3) is 0.0870. The second-order valence-corrected chi connectivity index (χ2v) is 8.19. The predicted octanol–water partition coefficient (Wildman–Crippen LogP) is 5.72. The number of H-pyrrole nitrogens is 1. The Hall–Kier alpha value is -2.73. The van der Waals surface area contributed by atoms with Crippen molar-refractivity contribution in [3.63, 3.8) is 0 Å². The zero-order valence-electron chi connectivity index (χ0n) is 15.9. The molecule has 0 aliphatic carbocycles. The normalized spacial score (nSPS) is 11.0. The third kappa shape index (κ3) is 3.84. The molecular formula is C23H16Cl2N2O2S. The van der Waals surface area contributed by atoms with Crippen molar-refractivity contribution in [3.8, 4) is 0 Å². The molecule has 0 fully saturated rings. The number of aromatic nitrogens is 2. The first kappa shape index (κ1) is 20.5. The molecule has 1 heterocycles. The van der Waals surface area contributed by atoms with E-state index in [1.165, 1.54) is 4.57 Å². The van der Waals surface area contributed by atoms with Crippen molar-refractivity contribution in [2.24, 2.45) is 7.05 Å². The molecule has 0 saturated carbocycles. The minimum atomic E-state index is -0.171. The molecular weight excluding hydrogens is 439 g/mol. The number of ketones is 1. The third-order valence-electron chi connectivity index (χ3n) is 5.00. The highest BCUT2D eigenvalue weighted by Crippen LogP contribution is 2.24. The van der Waals surface area contributed by atoms with E-state index in [4.69, 9.17) is 35.4 Å². The number of fused-ring (bicyclic) bond motifs is 1. The van der Waals surface area contributed by atoms with E-state index in [-0.39, 0.29) is 11.3 Å². The number of nitrogens with zero attached hydrogens (tertiary/aromatic N) is 1. The summed E-state index contributed by atoms with van der Waals surface area (Å²) in [5, 5.41) is 1.41. The molecule has 0 amide bonds. The molecule has 4 nitrogen and oxygen atoms in total. The highest BCUT2D eigenvalue weighted by atomic mass is 35.5. The standard InChI is InChI=1S/C23H16Cl2N2O2S/c1-27-22(29)20-15(3-2-4-19(20)26-23(27)30)11-13-5-7-14(8-6-13)21(28)17-10-9-16(24)12-18(17)25/h2-10,12H,11H2,1H3,(H,26,30). The van der Waals surface area contributed by atoms with Gasteiger partial charge in [0.15, 0.2) is 10.6 Å². The number of benzene rings is 3. The van der Waals surface area contributed by atoms with Gasteiger partial charge >= 0.3 is 0 Å². The van der Waals surface area contributed by atoms with Gasteiger partial charge < -0.3 is 4.98 Å². The van der Waals surface area contributed by atoms with Crippen LogP contribution in [0.15, 0.2) is 65.5 Å². The van der Waals surface area contributed by atoms with E-state index in [1.54, 1.807) is 37.4 Å². The Balaban J connectivity index is 1.66. The van der Waals surface area contributed by atoms with E-state index >= 15 is 0 Å². The molecule has 1 N–H and O–H groups in total. The van der Waals surface area contributed by atoms with Gasteiger partial charge in [-0.25, -0.2) is 0 Å². The van der Waals surface area contributed by atoms with Crippen molar-refractivity contribution in [1.29, 1.82) is 0 Å². The van der Waals surface area contributed by atoms with Crippen molar-refractivity contribution in [2.75, 3.05) is 0 Å². The van der Waals surface area contributed by atoms with E-state index < -0.39 is 0 Å². The molecule has 4 aromatic rings. The lowest BCUT2D eigenvalue weighted by Gasteiger charge is -2.09. The SMILES string of the molecule is Cn1c(=S)[nH]c2cccc(Cc3ccc(C(=O)c4ccc(Cl)cc4Cl)cc3)c2c1=O. The van der Waals surface area contributed by atoms with Crippen LogP contribution in [0.2, 0.25) is 10.0 Å². The summed E-state index contributed by atoms with van der Waals surface area (Å²) in [6, 6.07) is 17.8. The molecule has 0 spiro atoms. The van der Waals surface area contributed by atoms with Gasteiger partial charge in [-0.2, -0.15) is 0 Å². The minimum absolute atomic E-state index is 0.131. The van der Waals surface area contributed by atoms with Gasteiger partial charge in [0.2, 0.25) is 0 Å². The summed E-state index contributed by atoms with van der Waals surface area (Å²) >= 11 is 17.3. The Bertz CT molecular complexity index is 1410. The Morgan fingerprint density at radius 1 is 1.07 bits per heavy atom. The Morgan fingerprint density at radius 3 is 2.50 bits per heavy atom. The maximum Gasteiger partial charge on any atom is 0.262 e. The van der Waals surface area contributed by atoms with Crippen LogP contribution in [0.1, 0.15) is 27.0 Å². The Kier molecular flexibility index (Phi) is 5.60. The van der Waals surface area contributed by atoms with Crippen LogP contribution >= 0.6 is 35.4 Å². The molecule has 1 aromatic heterocycles.